The molecule has 10 heteroatoms. The van der Waals surface area contributed by atoms with Crippen molar-refractivity contribution >= 4 is 32.9 Å². The molecule has 4 N–H and O–H groups in total. The van der Waals surface area contributed by atoms with Gasteiger partial charge < -0.3 is 25.7 Å². The number of ether oxygens (including phenoxy) is 3. The van der Waals surface area contributed by atoms with Gasteiger partial charge in [0, 0.05) is 6.54 Å². The van der Waals surface area contributed by atoms with Gasteiger partial charge in [-0.3, -0.25) is 4.57 Å². The average molecular weight is 385 g/mol. The molecule has 2 aromatic heterocycles. The van der Waals surface area contributed by atoms with Crippen LogP contribution < -0.4 is 11.5 Å². The second kappa shape index (κ2) is 5.08. The number of hydrogen-bond acceptors (Lipinski definition) is 8. The lowest BCUT2D eigenvalue weighted by Gasteiger charge is -2.24. The number of rotatable bonds is 2. The zero-order valence-corrected chi connectivity index (χ0v) is 14.2. The van der Waals surface area contributed by atoms with E-state index in [1.165, 1.54) is 6.33 Å². The molecule has 124 valence electrons. The lowest BCUT2D eigenvalue weighted by atomic mass is 10.1. The van der Waals surface area contributed by atoms with Crippen LogP contribution in [0.2, 0.25) is 0 Å². The van der Waals surface area contributed by atoms with Crippen molar-refractivity contribution in [2.45, 2.75) is 44.2 Å². The van der Waals surface area contributed by atoms with Gasteiger partial charge in [-0.05, 0) is 29.8 Å². The lowest BCUT2D eigenvalue weighted by molar-refractivity contribution is -0.195. The Balaban J connectivity index is 1.82. The van der Waals surface area contributed by atoms with Gasteiger partial charge >= 0.3 is 0 Å². The molecule has 2 aliphatic rings. The van der Waals surface area contributed by atoms with Crippen molar-refractivity contribution in [3.63, 3.8) is 0 Å². The highest BCUT2D eigenvalue weighted by molar-refractivity contribution is 9.10. The van der Waals surface area contributed by atoms with Gasteiger partial charge in [-0.25, -0.2) is 15.0 Å². The first kappa shape index (κ1) is 15.2. The average Bonchev–Trinajstić information content (AvgIpc) is 3.08. The third-order valence-corrected chi connectivity index (χ3v) is 4.63. The number of nitrogen functional groups attached to an aromatic ring is 1. The Labute approximate surface area is 140 Å². The summed E-state index contributed by atoms with van der Waals surface area (Å²) in [4.78, 5) is 12.6. The van der Waals surface area contributed by atoms with E-state index >= 15 is 0 Å². The fourth-order valence-electron chi connectivity index (χ4n) is 3.18. The number of hydrogen-bond donors (Lipinski definition) is 2. The zero-order valence-electron chi connectivity index (χ0n) is 12.6. The van der Waals surface area contributed by atoms with Crippen molar-refractivity contribution < 1.29 is 14.2 Å². The van der Waals surface area contributed by atoms with Crippen LogP contribution in [-0.4, -0.2) is 50.2 Å². The topological polar surface area (TPSA) is 123 Å². The SMILES string of the molecule is CC1(C)OC2C(O1)[C@@H](CN)O[C@H]2n1c(Br)nc2c(N)ncnc21. The number of imidazole rings is 1. The molecule has 2 unspecified atom stereocenters. The molecular weight excluding hydrogens is 368 g/mol. The third-order valence-electron chi connectivity index (χ3n) is 4.07. The highest BCUT2D eigenvalue weighted by Gasteiger charge is 2.56. The zero-order chi connectivity index (χ0) is 16.4. The maximum absolute atomic E-state index is 6.06. The summed E-state index contributed by atoms with van der Waals surface area (Å²) in [5.74, 6) is -0.384. The van der Waals surface area contributed by atoms with Crippen LogP contribution in [0.25, 0.3) is 11.2 Å². The monoisotopic (exact) mass is 384 g/mol. The van der Waals surface area contributed by atoms with Gasteiger partial charge in [-0.2, -0.15) is 0 Å². The van der Waals surface area contributed by atoms with Crippen molar-refractivity contribution in [3.8, 4) is 0 Å². The minimum absolute atomic E-state index is 0.247. The van der Waals surface area contributed by atoms with Crippen LogP contribution in [0.1, 0.15) is 20.1 Å². The molecule has 4 rings (SSSR count). The first-order chi connectivity index (χ1) is 10.9. The number of nitrogens with zero attached hydrogens (tertiary/aromatic N) is 4. The van der Waals surface area contributed by atoms with Crippen LogP contribution in [0.5, 0.6) is 0 Å². The quantitative estimate of drug-likeness (QED) is 0.719. The maximum atomic E-state index is 6.06. The molecule has 0 radical (unpaired) electrons. The summed E-state index contributed by atoms with van der Waals surface area (Å²) in [6.45, 7) is 4.08. The molecule has 4 atom stereocenters. The Morgan fingerprint density at radius 1 is 1.30 bits per heavy atom. The van der Waals surface area contributed by atoms with Crippen molar-refractivity contribution in [1.29, 1.82) is 0 Å². The molecular formula is C13H17BrN6O3. The van der Waals surface area contributed by atoms with E-state index in [0.29, 0.717) is 28.3 Å². The minimum Gasteiger partial charge on any atom is -0.382 e. The molecule has 2 aromatic rings. The van der Waals surface area contributed by atoms with Crippen molar-refractivity contribution in [1.82, 2.24) is 19.5 Å². The summed E-state index contributed by atoms with van der Waals surface area (Å²) in [5, 5.41) is 0. The first-order valence-corrected chi connectivity index (χ1v) is 8.05. The summed E-state index contributed by atoms with van der Waals surface area (Å²) < 4.78 is 20.4. The van der Waals surface area contributed by atoms with Crippen molar-refractivity contribution in [3.05, 3.63) is 11.1 Å². The van der Waals surface area contributed by atoms with Gasteiger partial charge in [0.1, 0.15) is 24.6 Å². The Morgan fingerprint density at radius 2 is 2.04 bits per heavy atom. The highest BCUT2D eigenvalue weighted by Crippen LogP contribution is 2.44. The van der Waals surface area contributed by atoms with Crippen LogP contribution in [0.15, 0.2) is 11.1 Å². The predicted octanol–water partition coefficient (Wildman–Crippen LogP) is 0.547. The Morgan fingerprint density at radius 3 is 2.78 bits per heavy atom. The molecule has 0 saturated carbocycles. The van der Waals surface area contributed by atoms with Gasteiger partial charge in [0.25, 0.3) is 0 Å². The summed E-state index contributed by atoms with van der Waals surface area (Å²) in [5.41, 5.74) is 12.8. The number of nitrogens with two attached hydrogens (primary N) is 2. The fraction of sp³-hybridized carbons (Fsp3) is 0.615. The van der Waals surface area contributed by atoms with Crippen LogP contribution in [-0.2, 0) is 14.2 Å². The molecule has 23 heavy (non-hydrogen) atoms. The molecule has 2 saturated heterocycles. The summed E-state index contributed by atoms with van der Waals surface area (Å²) >= 11 is 3.44. The molecule has 0 spiro atoms. The van der Waals surface area contributed by atoms with E-state index in [1.54, 1.807) is 4.57 Å². The molecule has 0 aromatic carbocycles. The summed E-state index contributed by atoms with van der Waals surface area (Å²) in [6, 6.07) is 0. The van der Waals surface area contributed by atoms with E-state index in [9.17, 15) is 0 Å². The lowest BCUT2D eigenvalue weighted by Crippen LogP contribution is -2.34. The molecule has 0 amide bonds. The molecule has 0 aliphatic carbocycles. The van der Waals surface area contributed by atoms with Gasteiger partial charge in [-0.15, -0.1) is 0 Å². The Bertz CT molecular complexity index is 765. The Hall–Kier alpha value is -1.33. The second-order valence-corrected chi connectivity index (χ2v) is 6.76. The van der Waals surface area contributed by atoms with Crippen LogP contribution in [0.4, 0.5) is 5.82 Å². The van der Waals surface area contributed by atoms with E-state index in [2.05, 4.69) is 30.9 Å². The van der Waals surface area contributed by atoms with Crippen LogP contribution in [0, 0.1) is 0 Å². The van der Waals surface area contributed by atoms with Gasteiger partial charge in [0.15, 0.2) is 33.7 Å². The van der Waals surface area contributed by atoms with Gasteiger partial charge in [-0.1, -0.05) is 0 Å². The standard InChI is InChI=1S/C13H17BrN6O3/c1-13(2)22-7-5(3-15)21-11(8(7)23-13)20-10-6(19-12(20)14)9(16)17-4-18-10/h4-5,7-8,11H,3,15H2,1-2H3,(H2,16,17,18)/t5-,7?,8?,11-/m1/s1. The summed E-state index contributed by atoms with van der Waals surface area (Å²) in [7, 11) is 0. The van der Waals surface area contributed by atoms with Crippen molar-refractivity contribution in [2.75, 3.05) is 12.3 Å². The van der Waals surface area contributed by atoms with Crippen molar-refractivity contribution in [2.24, 2.45) is 5.73 Å². The smallest absolute Gasteiger partial charge is 0.181 e. The number of anilines is 1. The molecule has 4 heterocycles. The fourth-order valence-corrected chi connectivity index (χ4v) is 3.73. The molecule has 0 bridgehead atoms. The van der Waals surface area contributed by atoms with E-state index in [0.717, 1.165) is 0 Å². The normalized spacial score (nSPS) is 32.5. The van der Waals surface area contributed by atoms with E-state index < -0.39 is 12.0 Å². The molecule has 2 aliphatic heterocycles. The second-order valence-electron chi connectivity index (χ2n) is 6.05. The minimum atomic E-state index is -0.693. The highest BCUT2D eigenvalue weighted by atomic mass is 79.9. The van der Waals surface area contributed by atoms with E-state index in [4.69, 9.17) is 25.7 Å². The number of fused-ring (bicyclic) bond motifs is 2. The predicted molar refractivity (Wildman–Crippen MR) is 84.2 cm³/mol. The van der Waals surface area contributed by atoms with E-state index in [-0.39, 0.29) is 18.3 Å². The van der Waals surface area contributed by atoms with E-state index in [1.807, 2.05) is 13.8 Å². The largest absolute Gasteiger partial charge is 0.382 e. The third kappa shape index (κ3) is 2.24. The molecule has 9 nitrogen and oxygen atoms in total. The maximum Gasteiger partial charge on any atom is 0.181 e. The molecule has 2 fully saturated rings. The van der Waals surface area contributed by atoms with Crippen LogP contribution in [0.3, 0.4) is 0 Å². The van der Waals surface area contributed by atoms with Gasteiger partial charge in [0.05, 0.1) is 0 Å². The first-order valence-electron chi connectivity index (χ1n) is 7.26. The van der Waals surface area contributed by atoms with Crippen LogP contribution >= 0.6 is 15.9 Å². The number of aromatic nitrogens is 4. The van der Waals surface area contributed by atoms with Gasteiger partial charge in [0.2, 0.25) is 0 Å². The Kier molecular flexibility index (Phi) is 3.36. The summed E-state index contributed by atoms with van der Waals surface area (Å²) in [6.07, 6.45) is 0.0942. The number of halogens is 1.